The predicted octanol–water partition coefficient (Wildman–Crippen LogP) is 26.6. The highest BCUT2D eigenvalue weighted by Gasteiger charge is 2.29. The molecule has 0 radical (unpaired) electrons. The Bertz CT molecular complexity index is 2480. The van der Waals surface area contributed by atoms with Crippen molar-refractivity contribution in [2.24, 2.45) is 45.3 Å². The lowest BCUT2D eigenvalue weighted by molar-refractivity contribution is -0.154. The van der Waals surface area contributed by atoms with Gasteiger partial charge in [0, 0.05) is 40.1 Å². The molecule has 0 bridgehead atoms. The van der Waals surface area contributed by atoms with Gasteiger partial charge in [-0.25, -0.2) is 0 Å². The molecule has 0 rings (SSSR count). The average Bonchev–Trinajstić information content (AvgIpc) is 0.909. The summed E-state index contributed by atoms with van der Waals surface area (Å²) in [4.78, 5) is 119. The summed E-state index contributed by atoms with van der Waals surface area (Å²) in [6.45, 7) is 88.9. The maximum atomic E-state index is 11.3. The lowest BCUT2D eigenvalue weighted by Crippen LogP contribution is -2.26. The summed E-state index contributed by atoms with van der Waals surface area (Å²) in [5.41, 5.74) is -1.24. The quantitative estimate of drug-likeness (QED) is 0.0310. The van der Waals surface area contributed by atoms with Crippen LogP contribution in [-0.2, 0) is 119 Å². The van der Waals surface area contributed by atoms with E-state index in [0.717, 1.165) is 154 Å². The molecular weight excluding hydrogens is 1640 g/mol. The number of hydrogen-bond acceptors (Lipinski definition) is 25. The zero-order chi connectivity index (χ0) is 104. The molecule has 0 amide bonds. The van der Waals surface area contributed by atoms with E-state index in [1.54, 1.807) is 14.0 Å². The first kappa shape index (κ1) is 153. The fourth-order valence-corrected chi connectivity index (χ4v) is 6.37. The number of unbranched alkanes of at least 4 members (excludes halogenated alkanes) is 2. The molecule has 128 heavy (non-hydrogen) atoms. The van der Waals surface area contributed by atoms with Crippen LogP contribution >= 0.6 is 0 Å². The normalized spacial score (nSPS) is 12.5. The Morgan fingerprint density at radius 2 is 0.547 bits per heavy atom. The molecule has 10 atom stereocenters. The van der Waals surface area contributed by atoms with Crippen LogP contribution in [0.15, 0.2) is 0 Å². The summed E-state index contributed by atoms with van der Waals surface area (Å²) in [5.74, 6) is -0.843. The molecule has 0 fully saturated rings. The van der Waals surface area contributed by atoms with Crippen LogP contribution in [-0.4, -0.2) is 176 Å². The maximum Gasteiger partial charge on any atom is 0.311 e. The highest BCUT2D eigenvalue weighted by atomic mass is 16.6. The van der Waals surface area contributed by atoms with E-state index in [4.69, 9.17) is 56.8 Å². The minimum atomic E-state index is -0.312. The monoisotopic (exact) mass is 1850 g/mol. The fraction of sp³-hybridized carbons (Fsp3) is 0.893. The highest BCUT2D eigenvalue weighted by Crippen LogP contribution is 2.24. The molecular formula is C103H212O25. The summed E-state index contributed by atoms with van der Waals surface area (Å²) in [6.07, 6.45) is 23.3. The van der Waals surface area contributed by atoms with Crippen molar-refractivity contribution in [2.75, 3.05) is 74.2 Å². The highest BCUT2D eigenvalue weighted by molar-refractivity contribution is 5.77. The molecule has 0 aromatic rings. The van der Waals surface area contributed by atoms with Gasteiger partial charge in [-0.1, -0.05) is 186 Å². The van der Waals surface area contributed by atoms with Crippen molar-refractivity contribution in [3.63, 3.8) is 0 Å². The number of methoxy groups -OCH3 is 3. The standard InChI is InChI=1S/C10H20O2.2C9H18O2.3C8H16O2.3C7H14O2.C7H16O.2C6H12O2.C6H14O.C5H12O/c1-5-7-8-12-9(11)10(3,4)6-2;1-5-7-11-8(10)9(3,4)6-2;1-4-6-7-11-9(10)8(3)5-2;1-5-8(3,4)7(9)10-6-2;1-4-6-10-8(9)7(3)5-2;1-4-6-8(9)10-7(3)5-2;1-5-7(2,3)6(8)9-4;1-4-6(3)7(8)9-5-2;1-4-6(3)9-7(8)5-2;1-4-6-8-7(3)5-2;1-4-5(2)6(7)8-3;1-4-5(2)8-6(3)7;1-4-6(3)7-5-2;1-4-5(2)6-3/h5-8H2,1-4H3;5-7H2,1-4H3;8H,4-7H2,1-3H3;5-6H2,1-4H3;2*7H,4-6H2,1-3H3;5H2,1-4H3;2*6H,4-5H2,1-3H3;7H,4-6H2,1-3H3;2*5H,4H2,1-3H3;6H,4-5H2,1-3H3;5H,4H2,1-3H3. The van der Waals surface area contributed by atoms with E-state index in [1.807, 2.05) is 222 Å². The van der Waals surface area contributed by atoms with E-state index in [1.165, 1.54) is 21.1 Å². The Morgan fingerprint density at radius 3 is 0.781 bits per heavy atom. The fourth-order valence-electron chi connectivity index (χ4n) is 6.37. The molecule has 0 aliphatic rings. The Morgan fingerprint density at radius 1 is 0.258 bits per heavy atom. The molecule has 0 spiro atoms. The number of carbonyl (C=O) groups is 11. The minimum absolute atomic E-state index is 0.0547. The lowest BCUT2D eigenvalue weighted by atomic mass is 9.91. The molecule has 0 heterocycles. The van der Waals surface area contributed by atoms with Gasteiger partial charge >= 0.3 is 65.7 Å². The molecule has 25 heteroatoms. The molecule has 0 aliphatic carbocycles. The molecule has 0 aromatic carbocycles. The van der Waals surface area contributed by atoms with Crippen molar-refractivity contribution < 1.29 is 119 Å². The van der Waals surface area contributed by atoms with Gasteiger partial charge in [-0.15, -0.1) is 0 Å². The van der Waals surface area contributed by atoms with E-state index < -0.39 is 0 Å². The zero-order valence-electron chi connectivity index (χ0n) is 92.1. The van der Waals surface area contributed by atoms with Gasteiger partial charge < -0.3 is 66.3 Å². The Hall–Kier alpha value is -5.95. The Kier molecular flexibility index (Phi) is 129. The van der Waals surface area contributed by atoms with E-state index in [-0.39, 0.29) is 129 Å². The molecule has 774 valence electrons. The second-order valence-corrected chi connectivity index (χ2v) is 33.6. The van der Waals surface area contributed by atoms with Gasteiger partial charge in [-0.2, -0.15) is 0 Å². The maximum absolute atomic E-state index is 11.3. The first-order valence-electron chi connectivity index (χ1n) is 49.0. The van der Waals surface area contributed by atoms with Crippen LogP contribution in [0.4, 0.5) is 0 Å². The van der Waals surface area contributed by atoms with Crippen molar-refractivity contribution in [1.82, 2.24) is 0 Å². The summed E-state index contributed by atoms with van der Waals surface area (Å²) < 4.78 is 68.8. The smallest absolute Gasteiger partial charge is 0.311 e. The van der Waals surface area contributed by atoms with Gasteiger partial charge in [0.05, 0.1) is 136 Å². The zero-order valence-corrected chi connectivity index (χ0v) is 92.1. The van der Waals surface area contributed by atoms with Crippen molar-refractivity contribution in [2.45, 2.75) is 488 Å². The Balaban J connectivity index is -0.0000000914. The summed E-state index contributed by atoms with van der Waals surface area (Å²) >= 11 is 0. The van der Waals surface area contributed by atoms with Crippen LogP contribution in [0.2, 0.25) is 0 Å². The first-order valence-corrected chi connectivity index (χ1v) is 49.0. The van der Waals surface area contributed by atoms with Crippen molar-refractivity contribution in [3.8, 4) is 0 Å². The number of hydrogen-bond donors (Lipinski definition) is 0. The number of ether oxygens (including phenoxy) is 14. The second kappa shape index (κ2) is 108. The summed E-state index contributed by atoms with van der Waals surface area (Å²) in [6, 6.07) is 0. The molecule has 10 unspecified atom stereocenters. The van der Waals surface area contributed by atoms with Gasteiger partial charge in [-0.3, -0.25) is 52.7 Å². The van der Waals surface area contributed by atoms with Crippen LogP contribution < -0.4 is 0 Å². The third kappa shape index (κ3) is 118. The number of rotatable bonds is 46. The van der Waals surface area contributed by atoms with Crippen LogP contribution in [0.3, 0.4) is 0 Å². The number of esters is 11. The lowest BCUT2D eigenvalue weighted by Gasteiger charge is -2.19. The van der Waals surface area contributed by atoms with E-state index in [2.05, 4.69) is 71.8 Å². The molecule has 0 aliphatic heterocycles. The number of carbonyl (C=O) groups excluding carboxylic acids is 11. The van der Waals surface area contributed by atoms with Gasteiger partial charge in [0.25, 0.3) is 0 Å². The van der Waals surface area contributed by atoms with Crippen molar-refractivity contribution in [1.29, 1.82) is 0 Å². The van der Waals surface area contributed by atoms with E-state index in [0.29, 0.717) is 70.8 Å². The van der Waals surface area contributed by atoms with Crippen molar-refractivity contribution >= 4 is 65.7 Å². The van der Waals surface area contributed by atoms with Crippen LogP contribution in [0.1, 0.15) is 452 Å². The summed E-state index contributed by atoms with van der Waals surface area (Å²) in [7, 11) is 4.56. The van der Waals surface area contributed by atoms with Crippen LogP contribution in [0, 0.1) is 45.3 Å². The average molecular weight is 1850 g/mol. The van der Waals surface area contributed by atoms with Crippen LogP contribution in [0.25, 0.3) is 0 Å². The molecule has 0 aromatic heterocycles. The second-order valence-electron chi connectivity index (χ2n) is 33.6. The van der Waals surface area contributed by atoms with Gasteiger partial charge in [0.15, 0.2) is 0 Å². The van der Waals surface area contributed by atoms with E-state index in [9.17, 15) is 52.7 Å². The van der Waals surface area contributed by atoms with Gasteiger partial charge in [-0.05, 0) is 246 Å². The third-order valence-electron chi connectivity index (χ3n) is 19.8. The summed E-state index contributed by atoms with van der Waals surface area (Å²) in [5, 5.41) is 0. The van der Waals surface area contributed by atoms with Crippen molar-refractivity contribution in [3.05, 3.63) is 0 Å². The topological polar surface area (TPSA) is 317 Å². The predicted molar refractivity (Wildman–Crippen MR) is 528 cm³/mol. The first-order chi connectivity index (χ1) is 59.5. The minimum Gasteiger partial charge on any atom is -0.469 e. The van der Waals surface area contributed by atoms with E-state index >= 15 is 0 Å². The van der Waals surface area contributed by atoms with Gasteiger partial charge in [0.2, 0.25) is 0 Å². The SMILES string of the molecule is CCC(=O)OC(C)CC.CCC(C)(C)C(=O)OC.CCC(C)C(=O)OC.CCC(C)OC.CCC(C)OC(C)=O.CCCC(=O)OC(C)CC.CCCCOC(=O)C(C)(C)CC.CCCCOC(=O)C(C)CC.CCCOC(=O)C(C)(C)CC.CCCOC(=O)C(C)CC.CCCOC(C)CC.CCOC(=O)C(C)(C)CC.CCOC(=O)C(C)CC.CCOC(C)CC. The van der Waals surface area contributed by atoms with Gasteiger partial charge in [0.1, 0.15) is 0 Å². The molecule has 0 saturated heterocycles. The molecule has 25 nitrogen and oxygen atoms in total. The third-order valence-corrected chi connectivity index (χ3v) is 19.8. The largest absolute Gasteiger partial charge is 0.469 e. The van der Waals surface area contributed by atoms with Crippen LogP contribution in [0.5, 0.6) is 0 Å². The molecule has 0 saturated carbocycles. The molecule has 0 N–H and O–H groups in total. The Labute approximate surface area is 788 Å².